The number of hydrogen-bond acceptors (Lipinski definition) is 6. The predicted octanol–water partition coefficient (Wildman–Crippen LogP) is 1.16. The van der Waals surface area contributed by atoms with Crippen LogP contribution in [0.25, 0.3) is 0 Å². The van der Waals surface area contributed by atoms with Crippen molar-refractivity contribution in [3.8, 4) is 12.1 Å². The van der Waals surface area contributed by atoms with Gasteiger partial charge in [0.2, 0.25) is 17.5 Å². The van der Waals surface area contributed by atoms with Crippen LogP contribution in [0.5, 0.6) is 0 Å². The van der Waals surface area contributed by atoms with Crippen molar-refractivity contribution >= 4 is 28.9 Å². The maximum absolute atomic E-state index is 11.6. The van der Waals surface area contributed by atoms with E-state index < -0.39 is 0 Å². The van der Waals surface area contributed by atoms with E-state index in [2.05, 4.69) is 10.5 Å². The molecule has 0 atom stereocenters. The number of carbonyl (C=O) groups excluding carboxylic acids is 2. The number of imide groups is 1. The van der Waals surface area contributed by atoms with E-state index in [0.717, 1.165) is 4.90 Å². The number of benzene rings is 1. The van der Waals surface area contributed by atoms with E-state index in [-0.39, 0.29) is 30.4 Å². The lowest BCUT2D eigenvalue weighted by Crippen LogP contribution is -2.28. The van der Waals surface area contributed by atoms with Crippen molar-refractivity contribution in [3.05, 3.63) is 24.3 Å². The highest BCUT2D eigenvalue weighted by atomic mass is 16.2. The SMILES string of the molecule is N#CC(C#N)=NNc1ccc(N2C(=O)CCC2=O)cc1. The van der Waals surface area contributed by atoms with Gasteiger partial charge in [-0.2, -0.15) is 15.6 Å². The van der Waals surface area contributed by atoms with Gasteiger partial charge in [-0.3, -0.25) is 19.9 Å². The van der Waals surface area contributed by atoms with Crippen LogP contribution in [0.15, 0.2) is 29.4 Å². The quantitative estimate of drug-likeness (QED) is 0.502. The van der Waals surface area contributed by atoms with Crippen molar-refractivity contribution in [1.29, 1.82) is 10.5 Å². The lowest BCUT2D eigenvalue weighted by atomic mass is 10.2. The van der Waals surface area contributed by atoms with E-state index >= 15 is 0 Å². The Kier molecular flexibility index (Phi) is 3.73. The van der Waals surface area contributed by atoms with Gasteiger partial charge >= 0.3 is 0 Å². The normalized spacial score (nSPS) is 13.6. The molecule has 1 aromatic carbocycles. The maximum atomic E-state index is 11.6. The van der Waals surface area contributed by atoms with Gasteiger partial charge < -0.3 is 0 Å². The predicted molar refractivity (Wildman–Crippen MR) is 70.5 cm³/mol. The van der Waals surface area contributed by atoms with Gasteiger partial charge in [-0.25, -0.2) is 0 Å². The molecule has 2 rings (SSSR count). The molecule has 0 saturated carbocycles. The van der Waals surface area contributed by atoms with Gasteiger partial charge in [0.05, 0.1) is 11.4 Å². The lowest BCUT2D eigenvalue weighted by Gasteiger charge is -2.13. The zero-order chi connectivity index (χ0) is 14.5. The molecule has 20 heavy (non-hydrogen) atoms. The zero-order valence-corrected chi connectivity index (χ0v) is 10.3. The summed E-state index contributed by atoms with van der Waals surface area (Å²) in [5.74, 6) is -0.435. The maximum Gasteiger partial charge on any atom is 0.237 e. The highest BCUT2D eigenvalue weighted by molar-refractivity contribution is 6.19. The molecule has 1 aromatic rings. The number of anilines is 2. The van der Waals surface area contributed by atoms with Crippen LogP contribution in [0.1, 0.15) is 12.8 Å². The van der Waals surface area contributed by atoms with Crippen LogP contribution in [-0.2, 0) is 9.59 Å². The highest BCUT2D eigenvalue weighted by Gasteiger charge is 2.29. The first-order chi connectivity index (χ1) is 9.65. The smallest absolute Gasteiger partial charge is 0.237 e. The van der Waals surface area contributed by atoms with Gasteiger partial charge in [-0.1, -0.05) is 0 Å². The molecule has 0 bridgehead atoms. The Morgan fingerprint density at radius 3 is 2.15 bits per heavy atom. The van der Waals surface area contributed by atoms with E-state index in [1.54, 1.807) is 36.4 Å². The average molecular weight is 267 g/mol. The topological polar surface area (TPSA) is 109 Å². The minimum atomic E-state index is -0.293. The van der Waals surface area contributed by atoms with Crippen molar-refractivity contribution in [2.45, 2.75) is 12.8 Å². The fourth-order valence-corrected chi connectivity index (χ4v) is 1.75. The van der Waals surface area contributed by atoms with Crippen molar-refractivity contribution < 1.29 is 9.59 Å². The van der Waals surface area contributed by atoms with Gasteiger partial charge in [-0.15, -0.1) is 0 Å². The number of nitrogens with one attached hydrogen (secondary N) is 1. The average Bonchev–Trinajstić information content (AvgIpc) is 2.80. The number of hydrogen-bond donors (Lipinski definition) is 1. The Morgan fingerprint density at radius 1 is 1.10 bits per heavy atom. The molecule has 98 valence electrons. The first-order valence-corrected chi connectivity index (χ1v) is 5.75. The van der Waals surface area contributed by atoms with E-state index in [0.29, 0.717) is 11.4 Å². The first kappa shape index (κ1) is 13.2. The summed E-state index contributed by atoms with van der Waals surface area (Å²) in [4.78, 5) is 24.3. The van der Waals surface area contributed by atoms with Crippen LogP contribution in [-0.4, -0.2) is 17.5 Å². The molecule has 1 fully saturated rings. The summed E-state index contributed by atoms with van der Waals surface area (Å²) in [7, 11) is 0. The van der Waals surface area contributed by atoms with Gasteiger partial charge in [0.1, 0.15) is 12.1 Å². The number of carbonyl (C=O) groups is 2. The number of nitriles is 2. The Balaban J connectivity index is 2.14. The number of amides is 2. The van der Waals surface area contributed by atoms with Crippen LogP contribution in [0.2, 0.25) is 0 Å². The fourth-order valence-electron chi connectivity index (χ4n) is 1.75. The third kappa shape index (κ3) is 2.62. The molecule has 1 saturated heterocycles. The third-order valence-electron chi connectivity index (χ3n) is 2.69. The van der Waals surface area contributed by atoms with E-state index in [4.69, 9.17) is 10.5 Å². The van der Waals surface area contributed by atoms with E-state index in [1.165, 1.54) is 0 Å². The molecule has 1 N–H and O–H groups in total. The zero-order valence-electron chi connectivity index (χ0n) is 10.3. The van der Waals surface area contributed by atoms with Gasteiger partial charge in [0.25, 0.3) is 0 Å². The minimum Gasteiger partial charge on any atom is -0.277 e. The molecule has 1 heterocycles. The second kappa shape index (κ2) is 5.63. The molecular formula is C13H9N5O2. The lowest BCUT2D eigenvalue weighted by molar-refractivity contribution is -0.121. The summed E-state index contributed by atoms with van der Waals surface area (Å²) >= 11 is 0. The molecule has 1 aliphatic heterocycles. The molecule has 7 nitrogen and oxygen atoms in total. The van der Waals surface area contributed by atoms with Crippen LogP contribution in [0, 0.1) is 22.7 Å². The summed E-state index contributed by atoms with van der Waals surface area (Å²) in [6, 6.07) is 9.63. The molecule has 7 heteroatoms. The Bertz CT molecular complexity index is 631. The first-order valence-electron chi connectivity index (χ1n) is 5.75. The van der Waals surface area contributed by atoms with Gasteiger partial charge in [0, 0.05) is 12.8 Å². The molecule has 0 aliphatic carbocycles. The Morgan fingerprint density at radius 2 is 1.65 bits per heavy atom. The largest absolute Gasteiger partial charge is 0.277 e. The molecule has 0 radical (unpaired) electrons. The summed E-state index contributed by atoms with van der Waals surface area (Å²) in [5.41, 5.74) is 3.28. The number of rotatable bonds is 3. The van der Waals surface area contributed by atoms with E-state index in [9.17, 15) is 9.59 Å². The minimum absolute atomic E-state index is 0.218. The standard InChI is InChI=1S/C13H9N5O2/c14-7-10(8-15)17-16-9-1-3-11(4-2-9)18-12(19)5-6-13(18)20/h1-4,16H,5-6H2. The fraction of sp³-hybridized carbons (Fsp3) is 0.154. The molecule has 0 aromatic heterocycles. The molecular weight excluding hydrogens is 258 g/mol. The van der Waals surface area contributed by atoms with Gasteiger partial charge in [0.15, 0.2) is 0 Å². The van der Waals surface area contributed by atoms with E-state index in [1.807, 2.05) is 0 Å². The van der Waals surface area contributed by atoms with Crippen LogP contribution < -0.4 is 10.3 Å². The summed E-state index contributed by atoms with van der Waals surface area (Å²) in [6.07, 6.45) is 0.466. The number of nitrogens with zero attached hydrogens (tertiary/aromatic N) is 4. The molecule has 0 unspecified atom stereocenters. The van der Waals surface area contributed by atoms with Crippen LogP contribution >= 0.6 is 0 Å². The molecule has 0 spiro atoms. The van der Waals surface area contributed by atoms with Crippen molar-refractivity contribution in [2.24, 2.45) is 5.10 Å². The Labute approximate surface area is 114 Å². The monoisotopic (exact) mass is 267 g/mol. The summed E-state index contributed by atoms with van der Waals surface area (Å²) in [6.45, 7) is 0. The van der Waals surface area contributed by atoms with Crippen molar-refractivity contribution in [1.82, 2.24) is 0 Å². The highest BCUT2D eigenvalue weighted by Crippen LogP contribution is 2.23. The summed E-state index contributed by atoms with van der Waals surface area (Å²) in [5, 5.41) is 20.6. The van der Waals surface area contributed by atoms with Gasteiger partial charge in [-0.05, 0) is 24.3 Å². The second-order valence-corrected chi connectivity index (χ2v) is 3.97. The van der Waals surface area contributed by atoms with Crippen LogP contribution in [0.3, 0.4) is 0 Å². The third-order valence-corrected chi connectivity index (χ3v) is 2.69. The second-order valence-electron chi connectivity index (χ2n) is 3.97. The molecule has 2 amide bonds. The van der Waals surface area contributed by atoms with Crippen molar-refractivity contribution in [3.63, 3.8) is 0 Å². The Hall–Kier alpha value is -3.19. The summed E-state index contributed by atoms with van der Waals surface area (Å²) < 4.78 is 0. The van der Waals surface area contributed by atoms with Crippen molar-refractivity contribution in [2.75, 3.05) is 10.3 Å². The molecule has 1 aliphatic rings. The number of hydrazone groups is 1. The van der Waals surface area contributed by atoms with Crippen LogP contribution in [0.4, 0.5) is 11.4 Å².